The van der Waals surface area contributed by atoms with E-state index in [0.717, 1.165) is 10.5 Å². The van der Waals surface area contributed by atoms with Crippen molar-refractivity contribution in [1.29, 1.82) is 0 Å². The first-order valence-electron chi connectivity index (χ1n) is 9.39. The Morgan fingerprint density at radius 2 is 1.81 bits per heavy atom. The van der Waals surface area contributed by atoms with Crippen LogP contribution >= 0.6 is 11.6 Å². The number of urea groups is 1. The van der Waals surface area contributed by atoms with Crippen LogP contribution in [0.4, 0.5) is 4.79 Å². The number of furan rings is 1. The van der Waals surface area contributed by atoms with Gasteiger partial charge in [0.15, 0.2) is 0 Å². The van der Waals surface area contributed by atoms with Crippen LogP contribution in [-0.4, -0.2) is 33.8 Å². The highest BCUT2D eigenvalue weighted by atomic mass is 35.5. The minimum Gasteiger partial charge on any atom is -0.478 e. The van der Waals surface area contributed by atoms with Crippen molar-refractivity contribution in [3.8, 4) is 11.3 Å². The van der Waals surface area contributed by atoms with Gasteiger partial charge in [-0.2, -0.15) is 0 Å². The lowest BCUT2D eigenvalue weighted by molar-refractivity contribution is -0.130. The zero-order chi connectivity index (χ0) is 22.8. The molecule has 4 rings (SSSR count). The number of imide groups is 2. The fourth-order valence-electron chi connectivity index (χ4n) is 3.17. The summed E-state index contributed by atoms with van der Waals surface area (Å²) in [6.45, 7) is 0.00225. The average Bonchev–Trinajstić information content (AvgIpc) is 3.24. The molecule has 8 nitrogen and oxygen atoms in total. The van der Waals surface area contributed by atoms with Gasteiger partial charge in [0.25, 0.3) is 11.8 Å². The van der Waals surface area contributed by atoms with Crippen LogP contribution in [0.2, 0.25) is 5.02 Å². The minimum atomic E-state index is -1.18. The van der Waals surface area contributed by atoms with E-state index in [1.807, 2.05) is 6.07 Å². The molecule has 2 aromatic carbocycles. The molecule has 4 amide bonds. The Morgan fingerprint density at radius 3 is 2.53 bits per heavy atom. The predicted molar refractivity (Wildman–Crippen MR) is 115 cm³/mol. The van der Waals surface area contributed by atoms with Gasteiger partial charge in [-0.05, 0) is 42.0 Å². The molecular weight excluding hydrogens is 436 g/mol. The highest BCUT2D eigenvalue weighted by Gasteiger charge is 2.36. The molecule has 1 aliphatic rings. The van der Waals surface area contributed by atoms with E-state index in [1.165, 1.54) is 24.3 Å². The lowest BCUT2D eigenvalue weighted by atomic mass is 10.1. The largest absolute Gasteiger partial charge is 0.478 e. The Balaban J connectivity index is 1.62. The van der Waals surface area contributed by atoms with Crippen molar-refractivity contribution >= 4 is 41.5 Å². The first-order chi connectivity index (χ1) is 15.3. The molecule has 0 radical (unpaired) electrons. The van der Waals surface area contributed by atoms with Gasteiger partial charge in [-0.3, -0.25) is 19.8 Å². The number of barbiturate groups is 1. The van der Waals surface area contributed by atoms with Crippen molar-refractivity contribution in [2.75, 3.05) is 0 Å². The number of hydrogen-bond donors (Lipinski definition) is 2. The number of amides is 4. The van der Waals surface area contributed by atoms with E-state index in [9.17, 15) is 24.3 Å². The number of nitrogens with zero attached hydrogens (tertiary/aromatic N) is 1. The van der Waals surface area contributed by atoms with E-state index < -0.39 is 23.8 Å². The Kier molecular flexibility index (Phi) is 5.61. The number of carbonyl (C=O) groups is 4. The van der Waals surface area contributed by atoms with Gasteiger partial charge >= 0.3 is 12.0 Å². The van der Waals surface area contributed by atoms with Gasteiger partial charge < -0.3 is 9.52 Å². The molecule has 2 N–H and O–H groups in total. The monoisotopic (exact) mass is 450 g/mol. The summed E-state index contributed by atoms with van der Waals surface area (Å²) in [5, 5.41) is 11.5. The molecule has 0 spiro atoms. The van der Waals surface area contributed by atoms with E-state index in [4.69, 9.17) is 16.0 Å². The zero-order valence-electron chi connectivity index (χ0n) is 16.4. The van der Waals surface area contributed by atoms with Gasteiger partial charge in [0.05, 0.1) is 17.1 Å². The van der Waals surface area contributed by atoms with E-state index in [2.05, 4.69) is 5.32 Å². The molecule has 160 valence electrons. The van der Waals surface area contributed by atoms with Crippen molar-refractivity contribution in [3.63, 3.8) is 0 Å². The van der Waals surface area contributed by atoms with Crippen LogP contribution in [-0.2, 0) is 16.1 Å². The van der Waals surface area contributed by atoms with Gasteiger partial charge in [0.2, 0.25) is 0 Å². The number of carbonyl (C=O) groups excluding carboxylic acids is 3. The van der Waals surface area contributed by atoms with Crippen LogP contribution in [0.15, 0.2) is 70.7 Å². The maximum absolute atomic E-state index is 12.8. The van der Waals surface area contributed by atoms with Crippen LogP contribution in [0.1, 0.15) is 21.7 Å². The van der Waals surface area contributed by atoms with Crippen molar-refractivity contribution in [2.45, 2.75) is 6.54 Å². The number of halogens is 1. The Hall–Kier alpha value is -4.17. The van der Waals surface area contributed by atoms with E-state index in [0.29, 0.717) is 11.3 Å². The molecule has 0 atom stereocenters. The standard InChI is InChI=1S/C23H15ClN2O6/c24-18-8-6-14(10-16(18)22(29)30)19-9-7-15(32-19)11-17-20(27)25-23(31)26(21(17)28)12-13-4-2-1-3-5-13/h1-11H,12H2,(H,29,30)(H,25,27,31). The lowest BCUT2D eigenvalue weighted by Gasteiger charge is -2.26. The third-order valence-electron chi connectivity index (χ3n) is 4.76. The number of nitrogens with one attached hydrogen (secondary N) is 1. The molecule has 32 heavy (non-hydrogen) atoms. The van der Waals surface area contributed by atoms with Gasteiger partial charge in [-0.1, -0.05) is 41.9 Å². The highest BCUT2D eigenvalue weighted by Crippen LogP contribution is 2.28. The first kappa shape index (κ1) is 21.1. The quantitative estimate of drug-likeness (QED) is 0.449. The third kappa shape index (κ3) is 4.17. The van der Waals surface area contributed by atoms with Crippen LogP contribution in [0, 0.1) is 0 Å². The van der Waals surface area contributed by atoms with Crippen LogP contribution in [0.5, 0.6) is 0 Å². The number of rotatable bonds is 5. The first-order valence-corrected chi connectivity index (χ1v) is 9.77. The highest BCUT2D eigenvalue weighted by molar-refractivity contribution is 6.33. The number of carboxylic acid groups (broad SMARTS) is 1. The summed E-state index contributed by atoms with van der Waals surface area (Å²) in [6, 6.07) is 15.6. The van der Waals surface area contributed by atoms with Gasteiger partial charge in [-0.15, -0.1) is 0 Å². The maximum atomic E-state index is 12.8. The Bertz CT molecular complexity index is 1280. The van der Waals surface area contributed by atoms with Crippen molar-refractivity contribution in [2.24, 2.45) is 0 Å². The van der Waals surface area contributed by atoms with E-state index in [-0.39, 0.29) is 28.5 Å². The summed E-state index contributed by atoms with van der Waals surface area (Å²) >= 11 is 5.89. The molecule has 1 saturated heterocycles. The Labute approximate surface area is 186 Å². The van der Waals surface area contributed by atoms with Gasteiger partial charge in [0.1, 0.15) is 17.1 Å². The van der Waals surface area contributed by atoms with E-state index >= 15 is 0 Å². The lowest BCUT2D eigenvalue weighted by Crippen LogP contribution is -2.53. The van der Waals surface area contributed by atoms with Crippen molar-refractivity contribution in [3.05, 3.63) is 88.1 Å². The SMILES string of the molecule is O=C1NC(=O)N(Cc2ccccc2)C(=O)C1=Cc1ccc(-c2ccc(Cl)c(C(=O)O)c2)o1. The normalized spacial score (nSPS) is 15.2. The minimum absolute atomic E-state index is 0.00225. The molecule has 3 aromatic rings. The van der Waals surface area contributed by atoms with Crippen LogP contribution < -0.4 is 5.32 Å². The molecule has 1 fully saturated rings. The summed E-state index contributed by atoms with van der Waals surface area (Å²) in [4.78, 5) is 49.5. The molecular formula is C23H15ClN2O6. The summed E-state index contributed by atoms with van der Waals surface area (Å²) in [7, 11) is 0. The smallest absolute Gasteiger partial charge is 0.337 e. The fourth-order valence-corrected chi connectivity index (χ4v) is 3.37. The van der Waals surface area contributed by atoms with Crippen molar-refractivity contribution < 1.29 is 28.7 Å². The topological polar surface area (TPSA) is 117 Å². The van der Waals surface area contributed by atoms with Gasteiger partial charge in [-0.25, -0.2) is 9.59 Å². The summed E-state index contributed by atoms with van der Waals surface area (Å²) in [5.74, 6) is -2.27. The second kappa shape index (κ2) is 8.52. The van der Waals surface area contributed by atoms with Gasteiger partial charge in [0, 0.05) is 5.56 Å². The summed E-state index contributed by atoms with van der Waals surface area (Å²) in [5.41, 5.74) is 0.833. The summed E-state index contributed by atoms with van der Waals surface area (Å²) in [6.07, 6.45) is 1.24. The molecule has 1 aliphatic heterocycles. The number of aromatic carboxylic acids is 1. The number of carboxylic acids is 1. The number of benzene rings is 2. The predicted octanol–water partition coefficient (Wildman–Crippen LogP) is 3.96. The molecule has 0 bridgehead atoms. The molecule has 0 saturated carbocycles. The molecule has 9 heteroatoms. The van der Waals surface area contributed by atoms with E-state index in [1.54, 1.807) is 36.4 Å². The molecule has 1 aromatic heterocycles. The number of hydrogen-bond acceptors (Lipinski definition) is 5. The third-order valence-corrected chi connectivity index (χ3v) is 5.09. The van der Waals surface area contributed by atoms with Crippen LogP contribution in [0.25, 0.3) is 17.4 Å². The van der Waals surface area contributed by atoms with Crippen LogP contribution in [0.3, 0.4) is 0 Å². The fraction of sp³-hybridized carbons (Fsp3) is 0.0435. The second-order valence-electron chi connectivity index (χ2n) is 6.90. The second-order valence-corrected chi connectivity index (χ2v) is 7.30. The molecule has 2 heterocycles. The molecule has 0 unspecified atom stereocenters. The summed E-state index contributed by atoms with van der Waals surface area (Å²) < 4.78 is 5.68. The average molecular weight is 451 g/mol. The van der Waals surface area contributed by atoms with Crippen molar-refractivity contribution in [1.82, 2.24) is 10.2 Å². The molecule has 0 aliphatic carbocycles. The zero-order valence-corrected chi connectivity index (χ0v) is 17.1. The maximum Gasteiger partial charge on any atom is 0.337 e. The Morgan fingerprint density at radius 1 is 1.06 bits per heavy atom.